The minimum atomic E-state index is -0.861. The number of hydrogen-bond acceptors (Lipinski definition) is 2. The van der Waals surface area contributed by atoms with E-state index in [2.05, 4.69) is 22.3 Å². The molecule has 0 fully saturated rings. The van der Waals surface area contributed by atoms with Crippen molar-refractivity contribution in [1.82, 2.24) is 0 Å². The summed E-state index contributed by atoms with van der Waals surface area (Å²) in [6.45, 7) is 0. The summed E-state index contributed by atoms with van der Waals surface area (Å²) in [5, 5.41) is 0. The Bertz CT molecular complexity index is 23.1. The molecule has 0 atom stereocenters. The molecule has 38 valence electrons. The average molecular weight is 155 g/mol. The van der Waals surface area contributed by atoms with E-state index in [4.69, 9.17) is 0 Å². The maximum absolute atomic E-state index is 4.08. The molecule has 0 amide bonds. The molecule has 0 aromatic carbocycles. The Morgan fingerprint density at radius 1 is 1.20 bits per heavy atom. The van der Waals surface area contributed by atoms with E-state index in [1.165, 1.54) is 0 Å². The van der Waals surface area contributed by atoms with Crippen LogP contribution in [0.4, 0.5) is 0 Å². The van der Waals surface area contributed by atoms with E-state index in [1.54, 1.807) is 0 Å². The molecule has 0 aromatic rings. The van der Waals surface area contributed by atoms with E-state index < -0.39 is 10.2 Å². The zero-order valence-corrected chi connectivity index (χ0v) is 5.99. The summed E-state index contributed by atoms with van der Waals surface area (Å²) < 4.78 is 0. The molecule has 0 aliphatic rings. The Kier molecular flexibility index (Phi) is 2.19. The number of thiol groups is 2. The van der Waals surface area contributed by atoms with Crippen LogP contribution in [-0.2, 0) is 10.2 Å². The van der Waals surface area contributed by atoms with Gasteiger partial charge in [0.25, 0.3) is 0 Å². The fraction of sp³-hybridized carbons (Fsp3) is 1.00. The molecule has 0 spiro atoms. The van der Waals surface area contributed by atoms with Crippen molar-refractivity contribution >= 4 is 22.3 Å². The molecule has 0 radical (unpaired) electrons. The van der Waals surface area contributed by atoms with Gasteiger partial charge in [0.1, 0.15) is 0 Å². The molecular weight excluding hydrogens is 147 g/mol. The van der Waals surface area contributed by atoms with Gasteiger partial charge in [0.15, 0.2) is 0 Å². The topological polar surface area (TPSA) is 0 Å². The molecule has 0 aromatic heterocycles. The van der Waals surface area contributed by atoms with E-state index in [0.29, 0.717) is 0 Å². The van der Waals surface area contributed by atoms with Gasteiger partial charge in [-0.25, -0.2) is 0 Å². The molecule has 0 saturated carbocycles. The predicted molar refractivity (Wildman–Crippen MR) is 29.7 cm³/mol. The van der Waals surface area contributed by atoms with Gasteiger partial charge in [-0.05, 0) is 0 Å². The van der Waals surface area contributed by atoms with Gasteiger partial charge < -0.3 is 0 Å². The molecule has 0 unspecified atom stereocenters. The van der Waals surface area contributed by atoms with Crippen LogP contribution in [0.25, 0.3) is 0 Å². The number of hydrogen-bond donors (Lipinski definition) is 2. The van der Waals surface area contributed by atoms with Gasteiger partial charge >= 0.3 is 44.3 Å². The van der Waals surface area contributed by atoms with Crippen LogP contribution in [-0.4, -0.2) is 0 Å². The zero-order chi connectivity index (χ0) is 4.50. The summed E-state index contributed by atoms with van der Waals surface area (Å²) in [6, 6.07) is 0. The van der Waals surface area contributed by atoms with E-state index in [9.17, 15) is 0 Å². The van der Waals surface area contributed by atoms with Crippen molar-refractivity contribution in [3.05, 3.63) is 0 Å². The van der Waals surface area contributed by atoms with Crippen molar-refractivity contribution in [2.45, 2.75) is 11.8 Å². The van der Waals surface area contributed by atoms with Crippen LogP contribution in [0, 0.1) is 0 Å². The summed E-state index contributed by atoms with van der Waals surface area (Å²) in [5.41, 5.74) is 0. The molecule has 0 aliphatic heterocycles. The van der Waals surface area contributed by atoms with Crippen LogP contribution in [0.3, 0.4) is 0 Å². The third kappa shape index (κ3) is 37.2. The fourth-order valence-electron chi connectivity index (χ4n) is 0. The Balaban J connectivity index is 3.02. The van der Waals surface area contributed by atoms with Gasteiger partial charge in [0.05, 0.1) is 0 Å². The SMILES string of the molecule is [CH3][Ni]([CH3])([SH])[SH]. The van der Waals surface area contributed by atoms with Crippen LogP contribution in [0.15, 0.2) is 0 Å². The van der Waals surface area contributed by atoms with Gasteiger partial charge in [-0.15, -0.1) is 0 Å². The van der Waals surface area contributed by atoms with Crippen LogP contribution in [0.5, 0.6) is 0 Å². The van der Waals surface area contributed by atoms with Gasteiger partial charge in [0.2, 0.25) is 0 Å². The summed E-state index contributed by atoms with van der Waals surface area (Å²) in [4.78, 5) is 0. The molecule has 0 bridgehead atoms. The third-order valence-electron chi connectivity index (χ3n) is 0. The van der Waals surface area contributed by atoms with Gasteiger partial charge in [-0.1, -0.05) is 0 Å². The molecule has 0 nitrogen and oxygen atoms in total. The van der Waals surface area contributed by atoms with Crippen molar-refractivity contribution in [3.8, 4) is 0 Å². The molecule has 0 rings (SSSR count). The second-order valence-corrected chi connectivity index (χ2v) is 10.6. The fourth-order valence-corrected chi connectivity index (χ4v) is 0. The van der Waals surface area contributed by atoms with Crippen molar-refractivity contribution in [1.29, 1.82) is 0 Å². The minimum absolute atomic E-state index is 0.861. The van der Waals surface area contributed by atoms with E-state index in [1.807, 2.05) is 11.8 Å². The summed E-state index contributed by atoms with van der Waals surface area (Å²) >= 11 is 8.16. The second kappa shape index (κ2) is 1.76. The van der Waals surface area contributed by atoms with Gasteiger partial charge in [-0.3, -0.25) is 0 Å². The first-order chi connectivity index (χ1) is 2.00. The van der Waals surface area contributed by atoms with Crippen LogP contribution in [0.2, 0.25) is 11.8 Å². The van der Waals surface area contributed by atoms with Gasteiger partial charge in [0, 0.05) is 0 Å². The standard InChI is InChI=1S/2CH3.Ni.2H2S/h2*1H3;;2*1H2/q;;+2;;/p-2. The van der Waals surface area contributed by atoms with Crippen molar-refractivity contribution in [2.75, 3.05) is 0 Å². The predicted octanol–water partition coefficient (Wildman–Crippen LogP) is 1.93. The first-order valence-electron chi connectivity index (χ1n) is 0.915. The van der Waals surface area contributed by atoms with Crippen LogP contribution < -0.4 is 0 Å². The van der Waals surface area contributed by atoms with E-state index in [-0.39, 0.29) is 0 Å². The Labute approximate surface area is 44.5 Å². The summed E-state index contributed by atoms with van der Waals surface area (Å²) in [7, 11) is -0.861. The second-order valence-electron chi connectivity index (χ2n) is 0.945. The Morgan fingerprint density at radius 2 is 1.20 bits per heavy atom. The summed E-state index contributed by atoms with van der Waals surface area (Å²) in [5.74, 6) is 4.02. The maximum atomic E-state index is 4.08. The summed E-state index contributed by atoms with van der Waals surface area (Å²) in [6.07, 6.45) is 0. The average Bonchev–Trinajstić information content (AvgIpc) is 0.722. The number of rotatable bonds is 0. The molecule has 5 heavy (non-hydrogen) atoms. The normalized spacial score (nSPS) is 15.2. The molecule has 0 N–H and O–H groups in total. The third-order valence-corrected chi connectivity index (χ3v) is 0. The van der Waals surface area contributed by atoms with Crippen LogP contribution >= 0.6 is 22.3 Å². The van der Waals surface area contributed by atoms with Crippen LogP contribution in [0.1, 0.15) is 0 Å². The Hall–Kier alpha value is 1.19. The molecule has 3 heteroatoms. The van der Waals surface area contributed by atoms with E-state index >= 15 is 0 Å². The first-order valence-corrected chi connectivity index (χ1v) is 6.11. The van der Waals surface area contributed by atoms with Gasteiger partial charge in [-0.2, -0.15) is 0 Å². The molecular formula is C2H8NiS2. The quantitative estimate of drug-likeness (QED) is 0.387. The van der Waals surface area contributed by atoms with Crippen molar-refractivity contribution in [3.63, 3.8) is 0 Å². The molecule has 0 saturated heterocycles. The molecule has 0 aliphatic carbocycles. The monoisotopic (exact) mass is 154 g/mol. The van der Waals surface area contributed by atoms with Crippen molar-refractivity contribution < 1.29 is 10.2 Å². The Morgan fingerprint density at radius 3 is 1.20 bits per heavy atom. The zero-order valence-electron chi connectivity index (χ0n) is 3.21. The first kappa shape index (κ1) is 6.19. The van der Waals surface area contributed by atoms with E-state index in [0.717, 1.165) is 0 Å². The molecule has 0 heterocycles. The van der Waals surface area contributed by atoms with Crippen molar-refractivity contribution in [2.24, 2.45) is 0 Å².